The number of rotatable bonds is 7. The minimum atomic E-state index is -4.49. The Kier molecular flexibility index (Phi) is 7.04. The number of pyridine rings is 1. The van der Waals surface area contributed by atoms with Crippen LogP contribution in [0.1, 0.15) is 36.6 Å². The molecule has 0 aliphatic heterocycles. The first-order valence-electron chi connectivity index (χ1n) is 8.52. The lowest BCUT2D eigenvalue weighted by Gasteiger charge is -2.14. The molecule has 0 aliphatic carbocycles. The second-order valence-corrected chi connectivity index (χ2v) is 6.23. The SMILES string of the molecule is CC(CCCc1cc(C(F)(F)F)cc[n+]1[O-])NC(=O)OCc1ccccc1. The molecule has 0 fully saturated rings. The lowest BCUT2D eigenvalue weighted by Crippen LogP contribution is -2.34. The minimum Gasteiger partial charge on any atom is -0.619 e. The molecule has 1 atom stereocenters. The van der Waals surface area contributed by atoms with Gasteiger partial charge in [0.1, 0.15) is 6.61 Å². The van der Waals surface area contributed by atoms with E-state index in [4.69, 9.17) is 4.74 Å². The summed E-state index contributed by atoms with van der Waals surface area (Å²) in [4.78, 5) is 11.8. The number of carbonyl (C=O) groups is 1. The molecule has 1 aromatic carbocycles. The standard InChI is InChI=1S/C19H21F3N2O3/c1-14(23-18(25)27-13-15-7-3-2-4-8-15)6-5-9-17-12-16(19(20,21)22)10-11-24(17)26/h2-4,7-8,10-12,14H,5-6,9,13H2,1H3,(H,23,25). The molecular formula is C19H21F3N2O3. The second-order valence-electron chi connectivity index (χ2n) is 6.23. The van der Waals surface area contributed by atoms with Gasteiger partial charge in [-0.25, -0.2) is 4.79 Å². The van der Waals surface area contributed by atoms with E-state index in [-0.39, 0.29) is 24.8 Å². The van der Waals surface area contributed by atoms with Crippen molar-refractivity contribution in [2.75, 3.05) is 0 Å². The van der Waals surface area contributed by atoms with Crippen molar-refractivity contribution in [2.24, 2.45) is 0 Å². The van der Waals surface area contributed by atoms with E-state index in [0.717, 1.165) is 23.9 Å². The Balaban J connectivity index is 1.75. The molecule has 0 aliphatic rings. The smallest absolute Gasteiger partial charge is 0.416 e. The number of alkyl halides is 3. The van der Waals surface area contributed by atoms with Crippen LogP contribution in [0.25, 0.3) is 0 Å². The van der Waals surface area contributed by atoms with Crippen molar-refractivity contribution in [3.63, 3.8) is 0 Å². The largest absolute Gasteiger partial charge is 0.619 e. The van der Waals surface area contributed by atoms with E-state index in [1.807, 2.05) is 30.3 Å². The highest BCUT2D eigenvalue weighted by atomic mass is 19.4. The Labute approximate surface area is 155 Å². The number of aromatic nitrogens is 1. The molecular weight excluding hydrogens is 361 g/mol. The van der Waals surface area contributed by atoms with Gasteiger partial charge in [-0.05, 0) is 25.3 Å². The summed E-state index contributed by atoms with van der Waals surface area (Å²) in [7, 11) is 0. The van der Waals surface area contributed by atoms with Gasteiger partial charge in [0, 0.05) is 24.6 Å². The summed E-state index contributed by atoms with van der Waals surface area (Å²) in [5, 5.41) is 14.3. The Bertz CT molecular complexity index is 752. The number of amides is 1. The van der Waals surface area contributed by atoms with E-state index in [1.54, 1.807) is 6.92 Å². The topological polar surface area (TPSA) is 65.3 Å². The zero-order valence-corrected chi connectivity index (χ0v) is 14.8. The third-order valence-corrected chi connectivity index (χ3v) is 3.97. The summed E-state index contributed by atoms with van der Waals surface area (Å²) >= 11 is 0. The normalized spacial score (nSPS) is 12.4. The maximum absolute atomic E-state index is 12.7. The summed E-state index contributed by atoms with van der Waals surface area (Å²) in [5.74, 6) is 0. The molecule has 27 heavy (non-hydrogen) atoms. The number of carbonyl (C=O) groups excluding carboxylic acids is 1. The maximum atomic E-state index is 12.7. The number of benzene rings is 1. The highest BCUT2D eigenvalue weighted by molar-refractivity contribution is 5.67. The molecule has 8 heteroatoms. The molecule has 146 valence electrons. The van der Waals surface area contributed by atoms with Crippen LogP contribution in [0.15, 0.2) is 48.7 Å². The van der Waals surface area contributed by atoms with Gasteiger partial charge >= 0.3 is 12.3 Å². The van der Waals surface area contributed by atoms with Crippen molar-refractivity contribution in [1.29, 1.82) is 0 Å². The van der Waals surface area contributed by atoms with Gasteiger partial charge in [0.25, 0.3) is 0 Å². The predicted molar refractivity (Wildman–Crippen MR) is 92.6 cm³/mol. The average molecular weight is 382 g/mol. The van der Waals surface area contributed by atoms with Crippen LogP contribution in [0.3, 0.4) is 0 Å². The quantitative estimate of drug-likeness (QED) is 0.582. The molecule has 1 N–H and O–H groups in total. The summed E-state index contributed by atoms with van der Waals surface area (Å²) in [6.45, 7) is 1.92. The number of ether oxygens (including phenoxy) is 1. The van der Waals surface area contributed by atoms with Gasteiger partial charge in [-0.3, -0.25) is 0 Å². The molecule has 1 amide bonds. The molecule has 2 aromatic rings. The summed E-state index contributed by atoms with van der Waals surface area (Å²) in [5.41, 5.74) is 0.0637. The van der Waals surface area contributed by atoms with Crippen LogP contribution in [-0.2, 0) is 23.9 Å². The minimum absolute atomic E-state index is 0.0451. The van der Waals surface area contributed by atoms with Crippen molar-refractivity contribution in [3.8, 4) is 0 Å². The van der Waals surface area contributed by atoms with Gasteiger partial charge in [-0.2, -0.15) is 17.9 Å². The Morgan fingerprint density at radius 2 is 1.96 bits per heavy atom. The van der Waals surface area contributed by atoms with Crippen molar-refractivity contribution in [1.82, 2.24) is 5.32 Å². The van der Waals surface area contributed by atoms with Gasteiger partial charge in [0.05, 0.1) is 5.56 Å². The van der Waals surface area contributed by atoms with Crippen molar-refractivity contribution >= 4 is 6.09 Å². The fourth-order valence-corrected chi connectivity index (χ4v) is 2.52. The lowest BCUT2D eigenvalue weighted by atomic mass is 10.1. The molecule has 1 unspecified atom stereocenters. The highest BCUT2D eigenvalue weighted by Crippen LogP contribution is 2.28. The molecule has 1 aromatic heterocycles. The summed E-state index contributed by atoms with van der Waals surface area (Å²) < 4.78 is 43.7. The van der Waals surface area contributed by atoms with Crippen LogP contribution < -0.4 is 10.0 Å². The molecule has 0 saturated carbocycles. The number of aryl methyl sites for hydroxylation is 1. The molecule has 5 nitrogen and oxygen atoms in total. The van der Waals surface area contributed by atoms with Gasteiger partial charge < -0.3 is 15.3 Å². The third kappa shape index (κ3) is 6.80. The number of nitrogens with zero attached hydrogens (tertiary/aromatic N) is 1. The first kappa shape index (κ1) is 20.5. The predicted octanol–water partition coefficient (Wildman–Crippen LogP) is 3.98. The molecule has 0 radical (unpaired) electrons. The zero-order chi connectivity index (χ0) is 19.9. The van der Waals surface area contributed by atoms with Gasteiger partial charge in [0.15, 0.2) is 11.9 Å². The van der Waals surface area contributed by atoms with E-state index in [9.17, 15) is 23.2 Å². The first-order chi connectivity index (χ1) is 12.8. The zero-order valence-electron chi connectivity index (χ0n) is 14.8. The fourth-order valence-electron chi connectivity index (χ4n) is 2.52. The van der Waals surface area contributed by atoms with Crippen LogP contribution in [0.5, 0.6) is 0 Å². The number of alkyl carbamates (subject to hydrolysis) is 1. The maximum Gasteiger partial charge on any atom is 0.416 e. The lowest BCUT2D eigenvalue weighted by molar-refractivity contribution is -0.614. The molecule has 0 saturated heterocycles. The Morgan fingerprint density at radius 1 is 1.26 bits per heavy atom. The molecule has 2 rings (SSSR count). The van der Waals surface area contributed by atoms with Crippen molar-refractivity contribution in [2.45, 2.75) is 45.0 Å². The third-order valence-electron chi connectivity index (χ3n) is 3.97. The van der Waals surface area contributed by atoms with Crippen LogP contribution in [0.2, 0.25) is 0 Å². The van der Waals surface area contributed by atoms with Gasteiger partial charge in [0.2, 0.25) is 0 Å². The van der Waals surface area contributed by atoms with E-state index >= 15 is 0 Å². The summed E-state index contributed by atoms with van der Waals surface area (Å²) in [6.07, 6.45) is -3.07. The first-order valence-corrected chi connectivity index (χ1v) is 8.52. The Morgan fingerprint density at radius 3 is 2.63 bits per heavy atom. The van der Waals surface area contributed by atoms with E-state index in [2.05, 4.69) is 5.32 Å². The van der Waals surface area contributed by atoms with Gasteiger partial charge in [-0.1, -0.05) is 30.3 Å². The van der Waals surface area contributed by atoms with Crippen LogP contribution in [-0.4, -0.2) is 12.1 Å². The van der Waals surface area contributed by atoms with E-state index in [1.165, 1.54) is 0 Å². The number of hydrogen-bond donors (Lipinski definition) is 1. The number of nitrogens with one attached hydrogen (secondary N) is 1. The second kappa shape index (κ2) is 9.25. The highest BCUT2D eigenvalue weighted by Gasteiger charge is 2.32. The van der Waals surface area contributed by atoms with E-state index in [0.29, 0.717) is 17.6 Å². The van der Waals surface area contributed by atoms with Crippen molar-refractivity contribution in [3.05, 3.63) is 70.7 Å². The van der Waals surface area contributed by atoms with Crippen LogP contribution >= 0.6 is 0 Å². The molecule has 0 spiro atoms. The van der Waals surface area contributed by atoms with Crippen LogP contribution in [0, 0.1) is 5.21 Å². The molecule has 0 bridgehead atoms. The fraction of sp³-hybridized carbons (Fsp3) is 0.368. The average Bonchev–Trinajstić information content (AvgIpc) is 2.61. The van der Waals surface area contributed by atoms with E-state index < -0.39 is 17.8 Å². The summed E-state index contributed by atoms with van der Waals surface area (Å²) in [6, 6.07) is 10.6. The van der Waals surface area contributed by atoms with Crippen LogP contribution in [0.4, 0.5) is 18.0 Å². The van der Waals surface area contributed by atoms with Gasteiger partial charge in [-0.15, -0.1) is 0 Å². The Hall–Kier alpha value is -2.77. The monoisotopic (exact) mass is 382 g/mol. The number of hydrogen-bond acceptors (Lipinski definition) is 3. The number of halogens is 3. The van der Waals surface area contributed by atoms with Crippen molar-refractivity contribution < 1.29 is 27.4 Å². The molecule has 1 heterocycles.